The van der Waals surface area contributed by atoms with Crippen LogP contribution in [0.15, 0.2) is 18.2 Å². The molecule has 0 aliphatic heterocycles. The lowest BCUT2D eigenvalue weighted by Gasteiger charge is -2.17. The monoisotopic (exact) mass is 339 g/mol. The molecule has 24 heavy (non-hydrogen) atoms. The van der Waals surface area contributed by atoms with Crippen LogP contribution in [0.4, 0.5) is 4.39 Å². The van der Waals surface area contributed by atoms with E-state index >= 15 is 0 Å². The molecule has 0 radical (unpaired) electrons. The van der Waals surface area contributed by atoms with Gasteiger partial charge in [-0.3, -0.25) is 4.79 Å². The van der Waals surface area contributed by atoms with Crippen molar-refractivity contribution in [1.29, 1.82) is 0 Å². The third kappa shape index (κ3) is 8.29. The van der Waals surface area contributed by atoms with Crippen molar-refractivity contribution >= 4 is 5.91 Å². The first-order chi connectivity index (χ1) is 11.2. The third-order valence-corrected chi connectivity index (χ3v) is 3.34. The van der Waals surface area contributed by atoms with Crippen LogP contribution in [-0.4, -0.2) is 32.3 Å². The number of amides is 1. The van der Waals surface area contributed by atoms with Crippen molar-refractivity contribution in [1.82, 2.24) is 5.32 Å². The SMILES string of the molecule is CC(C)c1ccc(F)cc1OCCOCCNC(=O)CC(C)(C)C. The number of carbonyl (C=O) groups is 1. The second-order valence-corrected chi connectivity index (χ2v) is 7.39. The highest BCUT2D eigenvalue weighted by Crippen LogP contribution is 2.27. The summed E-state index contributed by atoms with van der Waals surface area (Å²) >= 11 is 0. The van der Waals surface area contributed by atoms with Crippen LogP contribution in [0.2, 0.25) is 0 Å². The van der Waals surface area contributed by atoms with E-state index < -0.39 is 0 Å². The number of carbonyl (C=O) groups excluding carboxylic acids is 1. The first kappa shape index (κ1) is 20.4. The molecule has 0 aliphatic carbocycles. The highest BCUT2D eigenvalue weighted by molar-refractivity contribution is 5.76. The van der Waals surface area contributed by atoms with Crippen molar-refractivity contribution in [2.75, 3.05) is 26.4 Å². The van der Waals surface area contributed by atoms with Gasteiger partial charge in [-0.2, -0.15) is 0 Å². The normalized spacial score (nSPS) is 11.6. The van der Waals surface area contributed by atoms with Gasteiger partial charge in [0.05, 0.1) is 13.2 Å². The Kier molecular flexibility index (Phi) is 8.19. The van der Waals surface area contributed by atoms with Gasteiger partial charge >= 0.3 is 0 Å². The van der Waals surface area contributed by atoms with E-state index in [0.29, 0.717) is 38.5 Å². The van der Waals surface area contributed by atoms with E-state index in [-0.39, 0.29) is 23.1 Å². The first-order valence-corrected chi connectivity index (χ1v) is 8.46. The van der Waals surface area contributed by atoms with Crippen LogP contribution in [0.25, 0.3) is 0 Å². The minimum Gasteiger partial charge on any atom is -0.491 e. The second kappa shape index (κ2) is 9.62. The number of hydrogen-bond acceptors (Lipinski definition) is 3. The highest BCUT2D eigenvalue weighted by Gasteiger charge is 2.15. The molecule has 0 aromatic heterocycles. The topological polar surface area (TPSA) is 47.6 Å². The Morgan fingerprint density at radius 2 is 1.92 bits per heavy atom. The molecular weight excluding hydrogens is 309 g/mol. The molecule has 0 bridgehead atoms. The number of ether oxygens (including phenoxy) is 2. The fourth-order valence-electron chi connectivity index (χ4n) is 2.23. The van der Waals surface area contributed by atoms with Crippen LogP contribution >= 0.6 is 0 Å². The maximum Gasteiger partial charge on any atom is 0.220 e. The van der Waals surface area contributed by atoms with Crippen molar-refractivity contribution in [3.63, 3.8) is 0 Å². The molecule has 0 heterocycles. The smallest absolute Gasteiger partial charge is 0.220 e. The summed E-state index contributed by atoms with van der Waals surface area (Å²) in [6.07, 6.45) is 0.494. The lowest BCUT2D eigenvalue weighted by Crippen LogP contribution is -2.30. The lowest BCUT2D eigenvalue weighted by molar-refractivity contribution is -0.123. The summed E-state index contributed by atoms with van der Waals surface area (Å²) in [4.78, 5) is 11.6. The van der Waals surface area contributed by atoms with Gasteiger partial charge in [0.1, 0.15) is 18.2 Å². The molecule has 0 atom stereocenters. The van der Waals surface area contributed by atoms with E-state index in [2.05, 4.69) is 5.32 Å². The van der Waals surface area contributed by atoms with Gasteiger partial charge in [-0.25, -0.2) is 4.39 Å². The van der Waals surface area contributed by atoms with E-state index in [1.165, 1.54) is 12.1 Å². The fraction of sp³-hybridized carbons (Fsp3) is 0.632. The number of hydrogen-bond donors (Lipinski definition) is 1. The summed E-state index contributed by atoms with van der Waals surface area (Å²) in [6.45, 7) is 11.8. The molecule has 1 aromatic rings. The van der Waals surface area contributed by atoms with Crippen molar-refractivity contribution in [2.45, 2.75) is 47.0 Å². The molecule has 4 nitrogen and oxygen atoms in total. The van der Waals surface area contributed by atoms with Crippen LogP contribution in [0.3, 0.4) is 0 Å². The van der Waals surface area contributed by atoms with E-state index in [1.54, 1.807) is 6.07 Å². The summed E-state index contributed by atoms with van der Waals surface area (Å²) in [6, 6.07) is 4.60. The van der Waals surface area contributed by atoms with Gasteiger partial charge in [0, 0.05) is 19.0 Å². The number of halogens is 1. The Morgan fingerprint density at radius 3 is 2.54 bits per heavy atom. The average Bonchev–Trinajstić information content (AvgIpc) is 2.44. The lowest BCUT2D eigenvalue weighted by atomic mass is 9.92. The molecule has 0 saturated carbocycles. The molecule has 0 aliphatic rings. The van der Waals surface area contributed by atoms with Gasteiger partial charge in [0.15, 0.2) is 0 Å². The molecule has 0 unspecified atom stereocenters. The summed E-state index contributed by atoms with van der Waals surface area (Å²) in [7, 11) is 0. The van der Waals surface area contributed by atoms with Crippen LogP contribution in [0, 0.1) is 11.2 Å². The van der Waals surface area contributed by atoms with Crippen LogP contribution in [-0.2, 0) is 9.53 Å². The molecule has 1 aromatic carbocycles. The predicted molar refractivity (Wildman–Crippen MR) is 93.9 cm³/mol. The fourth-order valence-corrected chi connectivity index (χ4v) is 2.23. The zero-order valence-corrected chi connectivity index (χ0v) is 15.4. The summed E-state index contributed by atoms with van der Waals surface area (Å²) in [5, 5.41) is 2.82. The first-order valence-electron chi connectivity index (χ1n) is 8.46. The van der Waals surface area contributed by atoms with E-state index in [9.17, 15) is 9.18 Å². The number of nitrogens with one attached hydrogen (secondary N) is 1. The third-order valence-electron chi connectivity index (χ3n) is 3.34. The van der Waals surface area contributed by atoms with Crippen molar-refractivity contribution in [3.05, 3.63) is 29.6 Å². The van der Waals surface area contributed by atoms with Gasteiger partial charge < -0.3 is 14.8 Å². The summed E-state index contributed by atoms with van der Waals surface area (Å²) < 4.78 is 24.4. The van der Waals surface area contributed by atoms with Gasteiger partial charge in [-0.15, -0.1) is 0 Å². The molecule has 1 amide bonds. The van der Waals surface area contributed by atoms with Crippen LogP contribution < -0.4 is 10.1 Å². The average molecular weight is 339 g/mol. The minimum absolute atomic E-state index is 0.0160. The number of benzene rings is 1. The Labute approximate surface area is 144 Å². The second-order valence-electron chi connectivity index (χ2n) is 7.39. The van der Waals surface area contributed by atoms with Gasteiger partial charge in [0.25, 0.3) is 0 Å². The van der Waals surface area contributed by atoms with E-state index in [0.717, 1.165) is 5.56 Å². The molecule has 1 rings (SSSR count). The Hall–Kier alpha value is -1.62. The van der Waals surface area contributed by atoms with Gasteiger partial charge in [0.2, 0.25) is 5.91 Å². The highest BCUT2D eigenvalue weighted by atomic mass is 19.1. The molecule has 0 spiro atoms. The molecule has 5 heteroatoms. The minimum atomic E-state index is -0.308. The molecular formula is C19H30FNO3. The predicted octanol–water partition coefficient (Wildman–Crippen LogP) is 3.90. The van der Waals surface area contributed by atoms with Crippen molar-refractivity contribution in [2.24, 2.45) is 5.41 Å². The standard InChI is InChI=1S/C19H30FNO3/c1-14(2)16-7-6-15(20)12-17(16)24-11-10-23-9-8-21-18(22)13-19(3,4)5/h6-7,12,14H,8-11,13H2,1-5H3,(H,21,22). The largest absolute Gasteiger partial charge is 0.491 e. The number of rotatable bonds is 9. The quantitative estimate of drug-likeness (QED) is 0.694. The zero-order chi connectivity index (χ0) is 18.2. The van der Waals surface area contributed by atoms with Crippen molar-refractivity contribution in [3.8, 4) is 5.75 Å². The van der Waals surface area contributed by atoms with Crippen LogP contribution in [0.5, 0.6) is 5.75 Å². The van der Waals surface area contributed by atoms with E-state index in [1.807, 2.05) is 34.6 Å². The Bertz CT molecular complexity index is 524. The molecule has 136 valence electrons. The Morgan fingerprint density at radius 1 is 1.21 bits per heavy atom. The molecule has 0 fully saturated rings. The Balaban J connectivity index is 2.21. The molecule has 0 saturated heterocycles. The van der Waals surface area contributed by atoms with Crippen LogP contribution in [0.1, 0.15) is 52.5 Å². The van der Waals surface area contributed by atoms with Gasteiger partial charge in [-0.05, 0) is 23.0 Å². The zero-order valence-electron chi connectivity index (χ0n) is 15.4. The van der Waals surface area contributed by atoms with Gasteiger partial charge in [-0.1, -0.05) is 40.7 Å². The maximum atomic E-state index is 13.3. The van der Waals surface area contributed by atoms with E-state index in [4.69, 9.17) is 9.47 Å². The summed E-state index contributed by atoms with van der Waals surface area (Å²) in [5.74, 6) is 0.548. The summed E-state index contributed by atoms with van der Waals surface area (Å²) in [5.41, 5.74) is 0.962. The van der Waals surface area contributed by atoms with Crippen molar-refractivity contribution < 1.29 is 18.7 Å². The maximum absolute atomic E-state index is 13.3. The molecule has 1 N–H and O–H groups in total.